The molecule has 1 aromatic carbocycles. The summed E-state index contributed by atoms with van der Waals surface area (Å²) >= 11 is 0. The lowest BCUT2D eigenvalue weighted by atomic mass is 10.3. The molecule has 0 spiro atoms. The monoisotopic (exact) mass is 196 g/mol. The molecule has 0 atom stereocenters. The molecule has 0 N–H and O–H groups in total. The molecule has 2 rings (SSSR count). The predicted octanol–water partition coefficient (Wildman–Crippen LogP) is 0.895. The highest BCUT2D eigenvalue weighted by Crippen LogP contribution is 2.19. The Morgan fingerprint density at radius 3 is 2.15 bits per heavy atom. The van der Waals surface area contributed by atoms with Crippen LogP contribution in [0.2, 0.25) is 0 Å². The van der Waals surface area contributed by atoms with Crippen molar-refractivity contribution >= 4 is 10.0 Å². The van der Waals surface area contributed by atoms with E-state index < -0.39 is 10.0 Å². The summed E-state index contributed by atoms with van der Waals surface area (Å²) in [5.41, 5.74) is 0. The standard InChI is InChI=1S/C9H10NO2S/c11-13(12,10-7-4-8-10)9-5-2-1-3-6-9/h1-6H,7-8H2. The van der Waals surface area contributed by atoms with E-state index in [9.17, 15) is 8.42 Å². The molecular formula is C9H10NO2S. The van der Waals surface area contributed by atoms with Crippen molar-refractivity contribution in [1.82, 2.24) is 4.31 Å². The van der Waals surface area contributed by atoms with Gasteiger partial charge in [-0.2, -0.15) is 4.31 Å². The number of benzene rings is 1. The molecule has 0 saturated carbocycles. The van der Waals surface area contributed by atoms with Gasteiger partial charge in [0, 0.05) is 13.1 Å². The molecular weight excluding hydrogens is 186 g/mol. The van der Waals surface area contributed by atoms with Gasteiger partial charge in [-0.1, -0.05) is 18.2 Å². The zero-order valence-electron chi connectivity index (χ0n) is 7.05. The molecule has 1 heterocycles. The minimum absolute atomic E-state index is 0.378. The van der Waals surface area contributed by atoms with Gasteiger partial charge in [-0.15, -0.1) is 0 Å². The third kappa shape index (κ3) is 1.47. The summed E-state index contributed by atoms with van der Waals surface area (Å²) in [4.78, 5) is 0.378. The Bertz CT molecular complexity index is 381. The van der Waals surface area contributed by atoms with Crippen LogP contribution in [0, 0.1) is 6.42 Å². The van der Waals surface area contributed by atoms with Crippen LogP contribution in [0.15, 0.2) is 35.2 Å². The predicted molar refractivity (Wildman–Crippen MR) is 49.5 cm³/mol. The lowest BCUT2D eigenvalue weighted by Crippen LogP contribution is -2.42. The van der Waals surface area contributed by atoms with Crippen molar-refractivity contribution < 1.29 is 8.42 Å². The van der Waals surface area contributed by atoms with Gasteiger partial charge in [0.1, 0.15) is 0 Å². The van der Waals surface area contributed by atoms with E-state index in [1.165, 1.54) is 4.31 Å². The van der Waals surface area contributed by atoms with Crippen LogP contribution in [-0.2, 0) is 10.0 Å². The van der Waals surface area contributed by atoms with Crippen molar-refractivity contribution in [3.8, 4) is 0 Å². The molecule has 1 fully saturated rings. The van der Waals surface area contributed by atoms with Crippen molar-refractivity contribution in [2.24, 2.45) is 0 Å². The molecule has 1 saturated heterocycles. The van der Waals surface area contributed by atoms with Crippen LogP contribution in [0.1, 0.15) is 0 Å². The summed E-state index contributed by atoms with van der Waals surface area (Å²) in [6.45, 7) is 1.08. The Morgan fingerprint density at radius 2 is 1.69 bits per heavy atom. The van der Waals surface area contributed by atoms with Crippen LogP contribution in [0.4, 0.5) is 0 Å². The molecule has 1 aliphatic heterocycles. The van der Waals surface area contributed by atoms with E-state index in [4.69, 9.17) is 0 Å². The smallest absolute Gasteiger partial charge is 0.207 e. The second-order valence-electron chi connectivity index (χ2n) is 2.92. The highest BCUT2D eigenvalue weighted by atomic mass is 32.2. The highest BCUT2D eigenvalue weighted by Gasteiger charge is 2.28. The molecule has 0 bridgehead atoms. The fourth-order valence-corrected chi connectivity index (χ4v) is 2.57. The van der Waals surface area contributed by atoms with Crippen LogP contribution in [0.5, 0.6) is 0 Å². The van der Waals surface area contributed by atoms with Crippen LogP contribution < -0.4 is 0 Å². The van der Waals surface area contributed by atoms with E-state index in [2.05, 4.69) is 0 Å². The molecule has 13 heavy (non-hydrogen) atoms. The summed E-state index contributed by atoms with van der Waals surface area (Å²) in [5, 5.41) is 0. The van der Waals surface area contributed by atoms with Gasteiger partial charge in [0.15, 0.2) is 0 Å². The second-order valence-corrected chi connectivity index (χ2v) is 4.86. The van der Waals surface area contributed by atoms with Crippen molar-refractivity contribution in [3.05, 3.63) is 36.8 Å². The number of rotatable bonds is 2. The van der Waals surface area contributed by atoms with E-state index in [0.29, 0.717) is 18.0 Å². The number of nitrogens with zero attached hydrogens (tertiary/aromatic N) is 1. The molecule has 0 amide bonds. The fourth-order valence-electron chi connectivity index (χ4n) is 1.17. The van der Waals surface area contributed by atoms with Gasteiger partial charge in [-0.05, 0) is 18.6 Å². The maximum atomic E-state index is 11.7. The first kappa shape index (κ1) is 8.72. The zero-order valence-corrected chi connectivity index (χ0v) is 7.87. The molecule has 1 aromatic rings. The largest absolute Gasteiger partial charge is 0.243 e. The lowest BCUT2D eigenvalue weighted by molar-refractivity contribution is 0.385. The van der Waals surface area contributed by atoms with Crippen molar-refractivity contribution in [2.45, 2.75) is 4.90 Å². The average Bonchev–Trinajstić information content (AvgIpc) is 2.02. The molecule has 0 unspecified atom stereocenters. The van der Waals surface area contributed by atoms with Gasteiger partial charge in [0.2, 0.25) is 10.0 Å². The summed E-state index contributed by atoms with van der Waals surface area (Å²) in [5.74, 6) is 0. The van der Waals surface area contributed by atoms with Gasteiger partial charge >= 0.3 is 0 Å². The first-order valence-electron chi connectivity index (χ1n) is 4.08. The van der Waals surface area contributed by atoms with E-state index in [1.54, 1.807) is 30.3 Å². The number of hydrogen-bond donors (Lipinski definition) is 0. The average molecular weight is 196 g/mol. The molecule has 1 radical (unpaired) electrons. The third-order valence-electron chi connectivity index (χ3n) is 2.05. The summed E-state index contributed by atoms with van der Waals surface area (Å²) in [6.07, 6.45) is 1.93. The molecule has 3 nitrogen and oxygen atoms in total. The lowest BCUT2D eigenvalue weighted by Gasteiger charge is -2.29. The van der Waals surface area contributed by atoms with Crippen LogP contribution in [-0.4, -0.2) is 25.8 Å². The number of hydrogen-bond acceptors (Lipinski definition) is 2. The SMILES string of the molecule is O=S(=O)(c1ccccc1)N1C[CH]C1. The van der Waals surface area contributed by atoms with Gasteiger partial charge in [0.05, 0.1) is 4.90 Å². The van der Waals surface area contributed by atoms with E-state index in [-0.39, 0.29) is 0 Å². The normalized spacial score (nSPS) is 18.2. The van der Waals surface area contributed by atoms with Crippen LogP contribution in [0.25, 0.3) is 0 Å². The minimum Gasteiger partial charge on any atom is -0.207 e. The van der Waals surface area contributed by atoms with Crippen LogP contribution >= 0.6 is 0 Å². The Kier molecular flexibility index (Phi) is 2.09. The fraction of sp³-hybridized carbons (Fsp3) is 0.222. The van der Waals surface area contributed by atoms with Gasteiger partial charge in [-0.3, -0.25) is 0 Å². The molecule has 69 valence electrons. The minimum atomic E-state index is -3.20. The Hall–Kier alpha value is -0.870. The Balaban J connectivity index is 2.35. The van der Waals surface area contributed by atoms with Gasteiger partial charge in [0.25, 0.3) is 0 Å². The molecule has 1 aliphatic rings. The quantitative estimate of drug-likeness (QED) is 0.704. The van der Waals surface area contributed by atoms with E-state index in [0.717, 1.165) is 0 Å². The van der Waals surface area contributed by atoms with Gasteiger partial charge < -0.3 is 0 Å². The number of sulfonamides is 1. The molecule has 0 aliphatic carbocycles. The van der Waals surface area contributed by atoms with Crippen molar-refractivity contribution in [1.29, 1.82) is 0 Å². The summed E-state index contributed by atoms with van der Waals surface area (Å²) < 4.78 is 24.9. The zero-order chi connectivity index (χ0) is 9.31. The van der Waals surface area contributed by atoms with E-state index >= 15 is 0 Å². The third-order valence-corrected chi connectivity index (χ3v) is 3.89. The second kappa shape index (κ2) is 3.12. The maximum absolute atomic E-state index is 11.7. The van der Waals surface area contributed by atoms with E-state index in [1.807, 2.05) is 6.42 Å². The Labute approximate surface area is 78.0 Å². The summed E-state index contributed by atoms with van der Waals surface area (Å²) in [7, 11) is -3.20. The first-order chi connectivity index (χ1) is 6.21. The van der Waals surface area contributed by atoms with Crippen molar-refractivity contribution in [3.63, 3.8) is 0 Å². The molecule has 0 aromatic heterocycles. The Morgan fingerprint density at radius 1 is 1.08 bits per heavy atom. The summed E-state index contributed by atoms with van der Waals surface area (Å²) in [6, 6.07) is 8.51. The topological polar surface area (TPSA) is 37.4 Å². The highest BCUT2D eigenvalue weighted by molar-refractivity contribution is 7.89. The van der Waals surface area contributed by atoms with Gasteiger partial charge in [-0.25, -0.2) is 8.42 Å². The first-order valence-corrected chi connectivity index (χ1v) is 5.52. The van der Waals surface area contributed by atoms with Crippen LogP contribution in [0.3, 0.4) is 0 Å². The molecule has 4 heteroatoms. The maximum Gasteiger partial charge on any atom is 0.243 e. The van der Waals surface area contributed by atoms with Crippen molar-refractivity contribution in [2.75, 3.05) is 13.1 Å².